The molecule has 6 heteroatoms. The topological polar surface area (TPSA) is 71.2 Å². The van der Waals surface area contributed by atoms with Crippen LogP contribution >= 0.6 is 11.3 Å². The Morgan fingerprint density at radius 1 is 1.26 bits per heavy atom. The maximum atomic E-state index is 12.2. The number of hydrogen-bond acceptors (Lipinski definition) is 5. The molecule has 5 nitrogen and oxygen atoms in total. The number of aromatic nitrogens is 1. The van der Waals surface area contributed by atoms with Crippen molar-refractivity contribution in [2.24, 2.45) is 5.73 Å². The van der Waals surface area contributed by atoms with Gasteiger partial charge in [-0.05, 0) is 31.5 Å². The maximum absolute atomic E-state index is 12.2. The summed E-state index contributed by atoms with van der Waals surface area (Å²) in [5.74, 6) is -0.227. The van der Waals surface area contributed by atoms with E-state index in [1.807, 2.05) is 35.7 Å². The second-order valence-electron chi connectivity index (χ2n) is 5.86. The van der Waals surface area contributed by atoms with Gasteiger partial charge in [-0.15, -0.1) is 11.3 Å². The molecule has 0 saturated carbocycles. The Bertz CT molecular complexity index is 637. The van der Waals surface area contributed by atoms with Gasteiger partial charge in [0.15, 0.2) is 5.13 Å². The number of carbonyl (C=O) groups excluding carboxylic acids is 1. The molecule has 0 aliphatic carbocycles. The Morgan fingerprint density at radius 2 is 2.00 bits per heavy atom. The Morgan fingerprint density at radius 3 is 2.74 bits per heavy atom. The molecule has 3 rings (SSSR count). The minimum absolute atomic E-state index is 0.227. The van der Waals surface area contributed by atoms with E-state index >= 15 is 0 Å². The predicted octanol–water partition coefficient (Wildman–Crippen LogP) is 2.77. The summed E-state index contributed by atoms with van der Waals surface area (Å²) in [6, 6.07) is 8.69. The highest BCUT2D eigenvalue weighted by Gasteiger charge is 2.17. The van der Waals surface area contributed by atoms with Crippen LogP contribution in [0.1, 0.15) is 36.6 Å². The van der Waals surface area contributed by atoms with E-state index in [9.17, 15) is 4.79 Å². The van der Waals surface area contributed by atoms with Crippen molar-refractivity contribution >= 4 is 22.4 Å². The summed E-state index contributed by atoms with van der Waals surface area (Å²) in [6.07, 6.45) is 3.85. The molecule has 1 unspecified atom stereocenters. The van der Waals surface area contributed by atoms with Gasteiger partial charge in [-0.2, -0.15) is 0 Å². The van der Waals surface area contributed by atoms with Crippen molar-refractivity contribution in [1.82, 2.24) is 9.88 Å². The van der Waals surface area contributed by atoms with Crippen molar-refractivity contribution in [3.8, 4) is 0 Å². The first-order chi connectivity index (χ1) is 11.2. The Labute approximate surface area is 140 Å². The van der Waals surface area contributed by atoms with Crippen LogP contribution in [0.15, 0.2) is 35.7 Å². The lowest BCUT2D eigenvalue weighted by molar-refractivity contribution is -0.117. The van der Waals surface area contributed by atoms with Gasteiger partial charge in [0.1, 0.15) is 6.04 Å². The molecular weight excluding hydrogens is 308 g/mol. The van der Waals surface area contributed by atoms with Crippen LogP contribution in [0.2, 0.25) is 0 Å². The minimum atomic E-state index is -0.675. The van der Waals surface area contributed by atoms with Crippen LogP contribution in [0.3, 0.4) is 0 Å². The van der Waals surface area contributed by atoms with E-state index in [1.165, 1.54) is 30.6 Å². The molecule has 122 valence electrons. The van der Waals surface area contributed by atoms with Crippen LogP contribution < -0.4 is 11.1 Å². The average molecular weight is 330 g/mol. The number of carbonyl (C=O) groups is 1. The summed E-state index contributed by atoms with van der Waals surface area (Å²) in [5, 5.41) is 5.45. The van der Waals surface area contributed by atoms with Crippen LogP contribution in [0.4, 0.5) is 5.13 Å². The van der Waals surface area contributed by atoms with E-state index in [1.54, 1.807) is 0 Å². The first-order valence-electron chi connectivity index (χ1n) is 8.00. The minimum Gasteiger partial charge on any atom is -0.316 e. The molecule has 3 N–H and O–H groups in total. The third kappa shape index (κ3) is 4.37. The number of amides is 1. The normalized spacial score (nSPS) is 16.9. The van der Waals surface area contributed by atoms with Crippen LogP contribution in [0, 0.1) is 0 Å². The van der Waals surface area contributed by atoms with Gasteiger partial charge < -0.3 is 11.1 Å². The summed E-state index contributed by atoms with van der Waals surface area (Å²) in [5.41, 5.74) is 7.81. The quantitative estimate of drug-likeness (QED) is 0.884. The van der Waals surface area contributed by atoms with Crippen LogP contribution in [0.25, 0.3) is 0 Å². The number of nitrogens with two attached hydrogens (primary N) is 1. The molecule has 0 bridgehead atoms. The van der Waals surface area contributed by atoms with E-state index in [0.717, 1.165) is 30.9 Å². The van der Waals surface area contributed by atoms with Crippen molar-refractivity contribution in [1.29, 1.82) is 0 Å². The van der Waals surface area contributed by atoms with Gasteiger partial charge in [-0.25, -0.2) is 4.98 Å². The van der Waals surface area contributed by atoms with Crippen LogP contribution in [0.5, 0.6) is 0 Å². The molecule has 2 aromatic rings. The van der Waals surface area contributed by atoms with Gasteiger partial charge in [0.2, 0.25) is 5.91 Å². The number of thiazole rings is 1. The zero-order chi connectivity index (χ0) is 16.1. The Hall–Kier alpha value is -1.76. The lowest BCUT2D eigenvalue weighted by atomic mass is 10.1. The number of benzene rings is 1. The molecule has 1 aromatic carbocycles. The van der Waals surface area contributed by atoms with Crippen molar-refractivity contribution in [3.05, 3.63) is 47.0 Å². The maximum Gasteiger partial charge on any atom is 0.247 e. The lowest BCUT2D eigenvalue weighted by Crippen LogP contribution is -2.29. The third-order valence-electron chi connectivity index (χ3n) is 4.06. The van der Waals surface area contributed by atoms with Gasteiger partial charge in [0, 0.05) is 11.9 Å². The smallest absolute Gasteiger partial charge is 0.247 e. The predicted molar refractivity (Wildman–Crippen MR) is 93.2 cm³/mol. The second-order valence-corrected chi connectivity index (χ2v) is 6.72. The molecule has 1 aliphatic heterocycles. The Kier molecular flexibility index (Phi) is 5.38. The molecule has 1 amide bonds. The zero-order valence-corrected chi connectivity index (χ0v) is 13.9. The molecule has 1 aliphatic rings. The highest BCUT2D eigenvalue weighted by atomic mass is 32.1. The number of hydrogen-bond donors (Lipinski definition) is 2. The molecule has 0 spiro atoms. The lowest BCUT2D eigenvalue weighted by Gasteiger charge is -2.25. The Balaban J connectivity index is 1.56. The van der Waals surface area contributed by atoms with Crippen molar-refractivity contribution < 1.29 is 4.79 Å². The van der Waals surface area contributed by atoms with Gasteiger partial charge >= 0.3 is 0 Å². The fraction of sp³-hybridized carbons (Fsp3) is 0.412. The molecule has 2 heterocycles. The highest BCUT2D eigenvalue weighted by molar-refractivity contribution is 7.13. The largest absolute Gasteiger partial charge is 0.316 e. The fourth-order valence-corrected chi connectivity index (χ4v) is 3.48. The molecule has 1 fully saturated rings. The van der Waals surface area contributed by atoms with Gasteiger partial charge in [-0.1, -0.05) is 36.8 Å². The highest BCUT2D eigenvalue weighted by Crippen LogP contribution is 2.20. The van der Waals surface area contributed by atoms with Gasteiger partial charge in [0.25, 0.3) is 0 Å². The number of nitrogens with zero attached hydrogens (tertiary/aromatic N) is 2. The summed E-state index contributed by atoms with van der Waals surface area (Å²) in [6.45, 7) is 3.13. The van der Waals surface area contributed by atoms with E-state index < -0.39 is 6.04 Å². The second kappa shape index (κ2) is 7.68. The van der Waals surface area contributed by atoms with E-state index in [-0.39, 0.29) is 5.91 Å². The molecule has 1 saturated heterocycles. The summed E-state index contributed by atoms with van der Waals surface area (Å²) in [7, 11) is 0. The monoisotopic (exact) mass is 330 g/mol. The molecular formula is C17H22N4OS. The molecule has 23 heavy (non-hydrogen) atoms. The van der Waals surface area contributed by atoms with E-state index in [2.05, 4.69) is 15.2 Å². The number of rotatable bonds is 5. The summed E-state index contributed by atoms with van der Waals surface area (Å²) in [4.78, 5) is 19.2. The summed E-state index contributed by atoms with van der Waals surface area (Å²) < 4.78 is 0. The SMILES string of the molecule is NC(C(=O)Nc1nc(CN2CCCCC2)cs1)c1ccccc1. The standard InChI is InChI=1S/C17H22N4OS/c18-15(13-7-3-1-4-8-13)16(22)20-17-19-14(12-23-17)11-21-9-5-2-6-10-21/h1,3-4,7-8,12,15H,2,5-6,9-11,18H2,(H,19,20,22). The first kappa shape index (κ1) is 16.1. The van der Waals surface area contributed by atoms with Gasteiger partial charge in [0.05, 0.1) is 5.69 Å². The number of piperidine rings is 1. The van der Waals surface area contributed by atoms with Crippen molar-refractivity contribution in [3.63, 3.8) is 0 Å². The van der Waals surface area contributed by atoms with E-state index in [0.29, 0.717) is 5.13 Å². The fourth-order valence-electron chi connectivity index (χ4n) is 2.78. The van der Waals surface area contributed by atoms with Crippen molar-refractivity contribution in [2.75, 3.05) is 18.4 Å². The van der Waals surface area contributed by atoms with Crippen LogP contribution in [-0.4, -0.2) is 28.9 Å². The average Bonchev–Trinajstić information content (AvgIpc) is 3.02. The molecule has 0 radical (unpaired) electrons. The molecule has 1 aromatic heterocycles. The first-order valence-corrected chi connectivity index (χ1v) is 8.88. The number of likely N-dealkylation sites (tertiary alicyclic amines) is 1. The zero-order valence-electron chi connectivity index (χ0n) is 13.1. The number of nitrogens with one attached hydrogen (secondary N) is 1. The third-order valence-corrected chi connectivity index (χ3v) is 4.86. The van der Waals surface area contributed by atoms with Crippen molar-refractivity contribution in [2.45, 2.75) is 31.8 Å². The summed E-state index contributed by atoms with van der Waals surface area (Å²) >= 11 is 1.45. The number of anilines is 1. The van der Waals surface area contributed by atoms with Crippen LogP contribution in [-0.2, 0) is 11.3 Å². The molecule has 1 atom stereocenters. The van der Waals surface area contributed by atoms with Gasteiger partial charge in [-0.3, -0.25) is 9.69 Å². The van der Waals surface area contributed by atoms with E-state index in [4.69, 9.17) is 5.73 Å².